The summed E-state index contributed by atoms with van der Waals surface area (Å²) in [5.41, 5.74) is 18.5. The fourth-order valence-electron chi connectivity index (χ4n) is 6.03. The molecule has 0 spiro atoms. The van der Waals surface area contributed by atoms with Crippen LogP contribution in [0.3, 0.4) is 0 Å². The van der Waals surface area contributed by atoms with Crippen LogP contribution < -0.4 is 22.1 Å². The van der Waals surface area contributed by atoms with Crippen LogP contribution in [0.1, 0.15) is 61.8 Å². The number of nitrogens with one attached hydrogen (secondary N) is 2. The highest BCUT2D eigenvalue weighted by molar-refractivity contribution is 7.89. The Morgan fingerprint density at radius 2 is 0.931 bits per heavy atom. The lowest BCUT2D eigenvalue weighted by Crippen LogP contribution is -2.33. The van der Waals surface area contributed by atoms with E-state index < -0.39 is 20.0 Å². The first-order chi connectivity index (χ1) is 27.3. The molecule has 4 aromatic carbocycles. The quantitative estimate of drug-likeness (QED) is 0.158. The van der Waals surface area contributed by atoms with Crippen molar-refractivity contribution < 1.29 is 40.8 Å². The molecule has 0 aromatic heterocycles. The summed E-state index contributed by atoms with van der Waals surface area (Å²) in [6.07, 6.45) is 4.15. The van der Waals surface area contributed by atoms with E-state index in [1.54, 1.807) is 45.0 Å². The normalized spacial score (nSPS) is 16.2. The number of rotatable bonds is 6. The van der Waals surface area contributed by atoms with Crippen LogP contribution in [0.4, 0.5) is 27.5 Å². The van der Waals surface area contributed by atoms with Crippen molar-refractivity contribution in [3.05, 3.63) is 107 Å². The third-order valence-electron chi connectivity index (χ3n) is 9.49. The van der Waals surface area contributed by atoms with E-state index >= 15 is 0 Å². The molecule has 0 bridgehead atoms. The molecule has 312 valence electrons. The third-order valence-corrected chi connectivity index (χ3v) is 13.5. The Kier molecular flexibility index (Phi) is 19.2. The molecule has 0 radical (unpaired) electrons. The van der Waals surface area contributed by atoms with Gasteiger partial charge in [-0.05, 0) is 162 Å². The molecule has 17 heteroatoms. The number of nitrogens with zero attached hydrogens (tertiary/aromatic N) is 2. The Morgan fingerprint density at radius 3 is 1.31 bits per heavy atom. The number of hydrogen-bond donors (Lipinski definition) is 4. The number of nitrogen functional groups attached to an aromatic ring is 2. The molecule has 2 aliphatic heterocycles. The first-order valence-corrected chi connectivity index (χ1v) is 21.2. The van der Waals surface area contributed by atoms with Crippen molar-refractivity contribution in [2.45, 2.75) is 89.1 Å². The first kappa shape index (κ1) is 48.5. The van der Waals surface area contributed by atoms with Gasteiger partial charge in [-0.15, -0.1) is 0 Å². The Bertz CT molecular complexity index is 2240. The number of carbonyl (C=O) groups is 1. The largest absolute Gasteiger partial charge is 0.399 e. The lowest BCUT2D eigenvalue weighted by atomic mass is 10.1. The number of amides is 2. The fraction of sp³-hybridized carbons (Fsp3) is 0.341. The van der Waals surface area contributed by atoms with Gasteiger partial charge in [0, 0.05) is 47.9 Å². The summed E-state index contributed by atoms with van der Waals surface area (Å²) >= 11 is 0. The van der Waals surface area contributed by atoms with Crippen molar-refractivity contribution in [1.82, 2.24) is 8.61 Å². The molecule has 2 heterocycles. The second-order valence-electron chi connectivity index (χ2n) is 13.7. The van der Waals surface area contributed by atoms with Crippen molar-refractivity contribution in [2.75, 3.05) is 35.2 Å². The Hall–Kier alpha value is -5.67. The standard InChI is InChI=1S/C20H25N3O3S.C11H16N2O2S.C8H11N.2CO2/c1-14-6-7-18(13-15(14)2)22-20(24)21-17-8-10-19(11-9-17)27(25,26)23-12-4-5-16(23)3;1-9-3-2-8-13(9)16(14,15)11-6-4-10(12)5-7-11;1-6-3-4-8(9)5-7(6)2;2*2-1-3/h6-11,13,16H,4-5,12H2,1-3H3,(H2,21,22,24);4-7,9H,2-3,8,12H2,1H3;3-5H,9H2,1-2H3;;/t16-;9-;;;/m11.../s1. The number of carbonyl (C=O) groups excluding carboxylic acids is 5. The van der Waals surface area contributed by atoms with Crippen molar-refractivity contribution in [1.29, 1.82) is 0 Å². The van der Waals surface area contributed by atoms with Gasteiger partial charge in [-0.2, -0.15) is 27.8 Å². The fourth-order valence-corrected chi connectivity index (χ4v) is 9.42. The maximum Gasteiger partial charge on any atom is 0.373 e. The average molecular weight is 837 g/mol. The van der Waals surface area contributed by atoms with E-state index in [9.17, 15) is 21.6 Å². The molecule has 4 aromatic rings. The monoisotopic (exact) mass is 836 g/mol. The first-order valence-electron chi connectivity index (χ1n) is 18.3. The van der Waals surface area contributed by atoms with Crippen LogP contribution in [-0.2, 0) is 39.2 Å². The number of anilines is 4. The average Bonchev–Trinajstić information content (AvgIpc) is 3.82. The zero-order valence-corrected chi connectivity index (χ0v) is 35.2. The van der Waals surface area contributed by atoms with Gasteiger partial charge in [-0.3, -0.25) is 0 Å². The Morgan fingerprint density at radius 1 is 0.569 bits per heavy atom. The van der Waals surface area contributed by atoms with Gasteiger partial charge >= 0.3 is 18.3 Å². The summed E-state index contributed by atoms with van der Waals surface area (Å²) in [6.45, 7) is 13.2. The number of benzene rings is 4. The second-order valence-corrected chi connectivity index (χ2v) is 17.5. The minimum Gasteiger partial charge on any atom is -0.399 e. The SMILES string of the molecule is C[C@@H]1CCCN1S(=O)(=O)c1ccc(N)cc1.Cc1ccc(N)cc1C.Cc1ccc(NC(=O)Nc2ccc(S(=O)(=O)N3CCC[C@H]3C)cc2)cc1C.O=C=O.O=C=O. The minimum atomic E-state index is -3.49. The van der Waals surface area contributed by atoms with E-state index in [1.165, 1.54) is 23.3 Å². The summed E-state index contributed by atoms with van der Waals surface area (Å²) in [5.74, 6) is 0. The molecule has 6 rings (SSSR count). The molecule has 58 heavy (non-hydrogen) atoms. The van der Waals surface area contributed by atoms with Gasteiger partial charge in [0.1, 0.15) is 0 Å². The molecule has 0 aliphatic carbocycles. The van der Waals surface area contributed by atoms with Gasteiger partial charge in [-0.1, -0.05) is 12.1 Å². The summed E-state index contributed by atoms with van der Waals surface area (Å²) in [6, 6.07) is 24.0. The molecular formula is C41H52N6O9S2. The van der Waals surface area contributed by atoms with E-state index in [1.807, 2.05) is 64.1 Å². The van der Waals surface area contributed by atoms with Gasteiger partial charge < -0.3 is 22.1 Å². The van der Waals surface area contributed by atoms with E-state index in [4.69, 9.17) is 30.6 Å². The molecule has 2 atom stereocenters. The van der Waals surface area contributed by atoms with Crippen LogP contribution in [-0.4, -0.2) is 69.0 Å². The van der Waals surface area contributed by atoms with Crippen molar-refractivity contribution >= 4 is 61.1 Å². The van der Waals surface area contributed by atoms with Crippen LogP contribution in [0.15, 0.2) is 94.7 Å². The van der Waals surface area contributed by atoms with E-state index in [-0.39, 0.29) is 35.3 Å². The number of sulfonamides is 2. The van der Waals surface area contributed by atoms with E-state index in [0.29, 0.717) is 35.0 Å². The lowest BCUT2D eigenvalue weighted by Gasteiger charge is -2.21. The molecule has 2 aliphatic rings. The van der Waals surface area contributed by atoms with E-state index in [2.05, 4.69) is 24.5 Å². The lowest BCUT2D eigenvalue weighted by molar-refractivity contribution is -0.193. The summed E-state index contributed by atoms with van der Waals surface area (Å²) in [4.78, 5) is 45.2. The van der Waals surface area contributed by atoms with Crippen molar-refractivity contribution in [3.63, 3.8) is 0 Å². The van der Waals surface area contributed by atoms with Crippen LogP contribution in [0.5, 0.6) is 0 Å². The zero-order chi connectivity index (χ0) is 43.6. The minimum absolute atomic E-state index is 0.0246. The van der Waals surface area contributed by atoms with Crippen LogP contribution in [0.25, 0.3) is 0 Å². The smallest absolute Gasteiger partial charge is 0.373 e. The van der Waals surface area contributed by atoms with Gasteiger partial charge in [-0.25, -0.2) is 21.6 Å². The van der Waals surface area contributed by atoms with Gasteiger partial charge in [0.2, 0.25) is 20.0 Å². The molecule has 6 N–H and O–H groups in total. The molecule has 2 amide bonds. The predicted molar refractivity (Wildman–Crippen MR) is 221 cm³/mol. The van der Waals surface area contributed by atoms with Crippen LogP contribution in [0.2, 0.25) is 0 Å². The van der Waals surface area contributed by atoms with Crippen molar-refractivity contribution in [3.8, 4) is 0 Å². The number of hydrogen-bond acceptors (Lipinski definition) is 11. The predicted octanol–water partition coefficient (Wildman–Crippen LogP) is 6.28. The van der Waals surface area contributed by atoms with Crippen LogP contribution >= 0.6 is 0 Å². The second kappa shape index (κ2) is 22.9. The molecule has 0 unspecified atom stereocenters. The summed E-state index contributed by atoms with van der Waals surface area (Å²) in [5, 5.41) is 5.50. The Balaban J connectivity index is 0.000000314. The van der Waals surface area contributed by atoms with E-state index in [0.717, 1.165) is 42.5 Å². The highest BCUT2D eigenvalue weighted by Crippen LogP contribution is 2.27. The maximum absolute atomic E-state index is 12.7. The molecular weight excluding hydrogens is 785 g/mol. The molecule has 0 saturated carbocycles. The third kappa shape index (κ3) is 14.4. The zero-order valence-electron chi connectivity index (χ0n) is 33.5. The molecule has 2 saturated heterocycles. The number of urea groups is 1. The molecule has 2 fully saturated rings. The highest BCUT2D eigenvalue weighted by atomic mass is 32.2. The van der Waals surface area contributed by atoms with Crippen molar-refractivity contribution in [2.24, 2.45) is 0 Å². The van der Waals surface area contributed by atoms with Gasteiger partial charge in [0.05, 0.1) is 9.79 Å². The van der Waals surface area contributed by atoms with Crippen LogP contribution in [0, 0.1) is 27.7 Å². The maximum atomic E-state index is 12.7. The highest BCUT2D eigenvalue weighted by Gasteiger charge is 2.33. The van der Waals surface area contributed by atoms with Gasteiger partial charge in [0.25, 0.3) is 0 Å². The summed E-state index contributed by atoms with van der Waals surface area (Å²) < 4.78 is 53.0. The molecule has 15 nitrogen and oxygen atoms in total. The number of nitrogens with two attached hydrogens (primary N) is 2. The van der Waals surface area contributed by atoms with Gasteiger partial charge in [0.15, 0.2) is 0 Å². The Labute approximate surface area is 340 Å². The summed E-state index contributed by atoms with van der Waals surface area (Å²) in [7, 11) is -6.81. The topological polar surface area (TPSA) is 236 Å². The number of aryl methyl sites for hydroxylation is 4.